The number of likely N-dealkylation sites (N-methyl/N-ethyl adjacent to an activating group) is 1. The fraction of sp³-hybridized carbons (Fsp3) is 0.538. The Hall–Kier alpha value is -3.34. The van der Waals surface area contributed by atoms with Crippen LogP contribution in [0.15, 0.2) is 73.8 Å². The Morgan fingerprint density at radius 1 is 0.729 bits per heavy atom. The monoisotopic (exact) mass is 667 g/mol. The van der Waals surface area contributed by atoms with Gasteiger partial charge in [-0.25, -0.2) is 9.59 Å². The average Bonchev–Trinajstić information content (AvgIpc) is 3.07. The molecule has 0 fully saturated rings. The maximum Gasteiger partial charge on any atom is 0.349 e. The lowest BCUT2D eigenvalue weighted by atomic mass is 9.76. The maximum absolute atomic E-state index is 11.6. The van der Waals surface area contributed by atoms with Crippen LogP contribution in [-0.2, 0) is 45.3 Å². The molecule has 0 saturated heterocycles. The molecule has 0 heterocycles. The Balaban J connectivity index is 2.15. The van der Waals surface area contributed by atoms with Crippen molar-refractivity contribution in [2.45, 2.75) is 116 Å². The number of hydrogen-bond acceptors (Lipinski definition) is 9. The molecular weight excluding hydrogens is 610 g/mol. The second-order valence-corrected chi connectivity index (χ2v) is 13.6. The van der Waals surface area contributed by atoms with Crippen molar-refractivity contribution >= 4 is 11.9 Å². The van der Waals surface area contributed by atoms with E-state index in [-0.39, 0.29) is 25.0 Å². The van der Waals surface area contributed by atoms with Crippen molar-refractivity contribution in [2.24, 2.45) is 0 Å². The van der Waals surface area contributed by atoms with Crippen molar-refractivity contribution in [3.8, 4) is 0 Å². The molecule has 0 saturated carbocycles. The lowest BCUT2D eigenvalue weighted by Gasteiger charge is -2.34. The fourth-order valence-electron chi connectivity index (χ4n) is 5.52. The number of rotatable bonds is 20. The van der Waals surface area contributed by atoms with Gasteiger partial charge in [0.25, 0.3) is 0 Å². The molecule has 4 unspecified atom stereocenters. The van der Waals surface area contributed by atoms with E-state index in [4.69, 9.17) is 19.0 Å². The van der Waals surface area contributed by atoms with Crippen LogP contribution in [0, 0.1) is 0 Å². The van der Waals surface area contributed by atoms with E-state index in [0.717, 1.165) is 34.4 Å². The molecule has 2 rings (SSSR count). The molecular formula is C39H57NO8. The van der Waals surface area contributed by atoms with Crippen LogP contribution in [-0.4, -0.2) is 64.9 Å². The molecule has 0 aromatic heterocycles. The van der Waals surface area contributed by atoms with Crippen LogP contribution >= 0.6 is 0 Å². The van der Waals surface area contributed by atoms with Gasteiger partial charge in [0.1, 0.15) is 5.60 Å². The van der Waals surface area contributed by atoms with E-state index in [1.54, 1.807) is 20.8 Å². The number of carbonyl (C=O) groups excluding carboxylic acids is 2. The molecule has 0 aliphatic heterocycles. The van der Waals surface area contributed by atoms with Gasteiger partial charge in [0, 0.05) is 30.5 Å². The van der Waals surface area contributed by atoms with Crippen molar-refractivity contribution in [3.63, 3.8) is 0 Å². The SMILES string of the molecule is C=CC(=O)ON(CC)C(O)COC(C)(CC)c1ccc(C(C)(C)c2ccc(C(C)(CC)OCC(O)CC(C)(C)OC(=O)C=C)cc2)cc1. The summed E-state index contributed by atoms with van der Waals surface area (Å²) in [5.41, 5.74) is 1.79. The first-order valence-corrected chi connectivity index (χ1v) is 16.7. The Kier molecular flexibility index (Phi) is 14.8. The molecule has 2 N–H and O–H groups in total. The molecule has 0 aliphatic carbocycles. The topological polar surface area (TPSA) is 115 Å². The van der Waals surface area contributed by atoms with Crippen LogP contribution in [0.3, 0.4) is 0 Å². The molecule has 0 radical (unpaired) electrons. The molecule has 48 heavy (non-hydrogen) atoms. The fourth-order valence-corrected chi connectivity index (χ4v) is 5.52. The van der Waals surface area contributed by atoms with E-state index in [1.165, 1.54) is 5.06 Å². The van der Waals surface area contributed by atoms with Crippen LogP contribution in [0.5, 0.6) is 0 Å². The lowest BCUT2D eigenvalue weighted by Crippen LogP contribution is -2.42. The molecule has 2 aromatic rings. The summed E-state index contributed by atoms with van der Waals surface area (Å²) in [5.74, 6) is -1.17. The smallest absolute Gasteiger partial charge is 0.349 e. The third-order valence-electron chi connectivity index (χ3n) is 9.22. The highest BCUT2D eigenvalue weighted by atomic mass is 16.7. The van der Waals surface area contributed by atoms with E-state index < -0.39 is 41.1 Å². The first kappa shape index (κ1) is 40.8. The minimum Gasteiger partial charge on any atom is -0.456 e. The van der Waals surface area contributed by atoms with E-state index in [2.05, 4.69) is 75.5 Å². The second kappa shape index (κ2) is 17.4. The van der Waals surface area contributed by atoms with Crippen LogP contribution in [0.1, 0.15) is 104 Å². The van der Waals surface area contributed by atoms with Crippen LogP contribution < -0.4 is 0 Å². The molecule has 4 atom stereocenters. The second-order valence-electron chi connectivity index (χ2n) is 13.6. The van der Waals surface area contributed by atoms with E-state index in [1.807, 2.05) is 27.7 Å². The Morgan fingerprint density at radius 3 is 1.54 bits per heavy atom. The molecule has 0 aliphatic rings. The van der Waals surface area contributed by atoms with Crippen molar-refractivity contribution in [1.29, 1.82) is 0 Å². The molecule has 0 bridgehead atoms. The number of nitrogens with zero attached hydrogens (tertiary/aromatic N) is 1. The largest absolute Gasteiger partial charge is 0.456 e. The van der Waals surface area contributed by atoms with Gasteiger partial charge in [-0.3, -0.25) is 0 Å². The summed E-state index contributed by atoms with van der Waals surface area (Å²) >= 11 is 0. The zero-order chi connectivity index (χ0) is 36.3. The number of aliphatic hydroxyl groups excluding tert-OH is 2. The summed E-state index contributed by atoms with van der Waals surface area (Å²) in [6.45, 7) is 24.9. The molecule has 0 amide bonds. The number of aliphatic hydroxyl groups is 2. The van der Waals surface area contributed by atoms with E-state index >= 15 is 0 Å². The summed E-state index contributed by atoms with van der Waals surface area (Å²) < 4.78 is 17.8. The van der Waals surface area contributed by atoms with Crippen LogP contribution in [0.4, 0.5) is 0 Å². The zero-order valence-electron chi connectivity index (χ0n) is 30.4. The number of hydroxylamine groups is 2. The number of esters is 1. The predicted octanol–water partition coefficient (Wildman–Crippen LogP) is 6.84. The van der Waals surface area contributed by atoms with Crippen molar-refractivity contribution in [2.75, 3.05) is 19.8 Å². The molecule has 266 valence electrons. The maximum atomic E-state index is 11.6. The first-order valence-electron chi connectivity index (χ1n) is 16.7. The summed E-state index contributed by atoms with van der Waals surface area (Å²) in [4.78, 5) is 28.4. The van der Waals surface area contributed by atoms with Crippen molar-refractivity contribution in [1.82, 2.24) is 5.06 Å². The average molecular weight is 668 g/mol. The highest BCUT2D eigenvalue weighted by molar-refractivity contribution is 5.81. The number of carbonyl (C=O) groups is 2. The Morgan fingerprint density at radius 2 is 1.15 bits per heavy atom. The van der Waals surface area contributed by atoms with Gasteiger partial charge >= 0.3 is 11.9 Å². The normalized spacial score (nSPS) is 15.9. The third-order valence-corrected chi connectivity index (χ3v) is 9.22. The third kappa shape index (κ3) is 10.8. The quantitative estimate of drug-likeness (QED) is 0.0678. The highest BCUT2D eigenvalue weighted by Gasteiger charge is 2.32. The molecule has 9 nitrogen and oxygen atoms in total. The number of benzene rings is 2. The summed E-state index contributed by atoms with van der Waals surface area (Å²) in [5, 5.41) is 22.5. The van der Waals surface area contributed by atoms with Gasteiger partial charge in [0.2, 0.25) is 0 Å². The first-order chi connectivity index (χ1) is 22.4. The van der Waals surface area contributed by atoms with E-state index in [0.29, 0.717) is 19.4 Å². The minimum absolute atomic E-state index is 0.0509. The predicted molar refractivity (Wildman–Crippen MR) is 188 cm³/mol. The number of hydrogen-bond donors (Lipinski definition) is 2. The van der Waals surface area contributed by atoms with Gasteiger partial charge in [-0.05, 0) is 69.7 Å². The minimum atomic E-state index is -1.13. The van der Waals surface area contributed by atoms with Gasteiger partial charge < -0.3 is 29.3 Å². The van der Waals surface area contributed by atoms with Gasteiger partial charge in [0.15, 0.2) is 6.23 Å². The van der Waals surface area contributed by atoms with Gasteiger partial charge in [-0.15, -0.1) is 5.06 Å². The molecule has 0 spiro atoms. The lowest BCUT2D eigenvalue weighted by molar-refractivity contribution is -0.244. The van der Waals surface area contributed by atoms with E-state index in [9.17, 15) is 19.8 Å². The van der Waals surface area contributed by atoms with Gasteiger partial charge in [-0.2, -0.15) is 0 Å². The van der Waals surface area contributed by atoms with Crippen LogP contribution in [0.2, 0.25) is 0 Å². The summed E-state index contributed by atoms with van der Waals surface area (Å²) in [7, 11) is 0. The standard InChI is InChI=1S/C39H57NO8/c1-12-34(43)47-36(6,7)25-32(41)26-45-38(10,14-3)30-21-17-28(18-22-30)37(8,9)29-19-23-31(24-20-29)39(11,15-4)46-27-33(42)40(16-5)48-35(44)13-2/h12-13,17-24,32-33,41-42H,1-2,14-16,25-27H2,3-11H3. The summed E-state index contributed by atoms with van der Waals surface area (Å²) in [6, 6.07) is 16.7. The van der Waals surface area contributed by atoms with Gasteiger partial charge in [0.05, 0.1) is 30.5 Å². The van der Waals surface area contributed by atoms with Crippen molar-refractivity contribution in [3.05, 3.63) is 96.1 Å². The Labute approximate surface area is 287 Å². The summed E-state index contributed by atoms with van der Waals surface area (Å²) in [6.07, 6.45) is 1.81. The van der Waals surface area contributed by atoms with Crippen molar-refractivity contribution < 1.29 is 38.9 Å². The Bertz CT molecular complexity index is 1350. The van der Waals surface area contributed by atoms with Crippen LogP contribution in [0.25, 0.3) is 0 Å². The highest BCUT2D eigenvalue weighted by Crippen LogP contribution is 2.37. The van der Waals surface area contributed by atoms with Gasteiger partial charge in [-0.1, -0.05) is 89.4 Å². The zero-order valence-corrected chi connectivity index (χ0v) is 30.4. The molecule has 2 aromatic carbocycles. The molecule has 9 heteroatoms. The number of ether oxygens (including phenoxy) is 3.